The van der Waals surface area contributed by atoms with E-state index in [1.807, 2.05) is 13.0 Å². The van der Waals surface area contributed by atoms with Crippen molar-refractivity contribution < 1.29 is 9.53 Å². The smallest absolute Gasteiger partial charge is 0.376 e. The predicted octanol–water partition coefficient (Wildman–Crippen LogP) is 2.81. The van der Waals surface area contributed by atoms with Crippen LogP contribution >= 0.6 is 0 Å². The molecule has 110 valence electrons. The highest BCUT2D eigenvalue weighted by Crippen LogP contribution is 2.35. The molecule has 0 radical (unpaired) electrons. The van der Waals surface area contributed by atoms with Crippen molar-refractivity contribution in [3.05, 3.63) is 17.6 Å². The fourth-order valence-electron chi connectivity index (χ4n) is 3.04. The molecule has 20 heavy (non-hydrogen) atoms. The van der Waals surface area contributed by atoms with E-state index < -0.39 is 5.97 Å². The maximum absolute atomic E-state index is 11.5. The lowest BCUT2D eigenvalue weighted by atomic mass is 9.93. The van der Waals surface area contributed by atoms with Crippen LogP contribution < -0.4 is 5.32 Å². The normalized spacial score (nSPS) is 25.5. The molecule has 3 atom stereocenters. The van der Waals surface area contributed by atoms with Gasteiger partial charge >= 0.3 is 5.97 Å². The molecule has 2 rings (SSSR count). The topological polar surface area (TPSA) is 64.1 Å². The van der Waals surface area contributed by atoms with E-state index in [2.05, 4.69) is 33.9 Å². The summed E-state index contributed by atoms with van der Waals surface area (Å²) in [5.41, 5.74) is 0.764. The van der Waals surface area contributed by atoms with Crippen molar-refractivity contribution >= 4 is 11.8 Å². The standard InChI is InChI=1S/C15H23N3O2/c1-5-11-6-7-12(10(11)3)17-13-8-9(2)16-14(18-13)15(19)20-4/h8,10-12H,5-7H2,1-4H3,(H,16,17,18). The molecule has 1 aliphatic rings. The molecule has 1 aliphatic carbocycles. The summed E-state index contributed by atoms with van der Waals surface area (Å²) < 4.78 is 4.68. The second-order valence-corrected chi connectivity index (χ2v) is 5.57. The van der Waals surface area contributed by atoms with Gasteiger partial charge in [0.05, 0.1) is 7.11 Å². The molecule has 0 saturated heterocycles. The third-order valence-corrected chi connectivity index (χ3v) is 4.31. The Labute approximate surface area is 120 Å². The predicted molar refractivity (Wildman–Crippen MR) is 77.7 cm³/mol. The number of aryl methyl sites for hydroxylation is 1. The second kappa shape index (κ2) is 6.20. The van der Waals surface area contributed by atoms with Crippen molar-refractivity contribution in [2.75, 3.05) is 12.4 Å². The van der Waals surface area contributed by atoms with E-state index in [0.29, 0.717) is 17.8 Å². The Kier molecular flexibility index (Phi) is 4.57. The number of anilines is 1. The molecule has 0 aliphatic heterocycles. The van der Waals surface area contributed by atoms with Crippen LogP contribution in [0.1, 0.15) is 49.4 Å². The minimum Gasteiger partial charge on any atom is -0.463 e. The maximum Gasteiger partial charge on any atom is 0.376 e. The van der Waals surface area contributed by atoms with Gasteiger partial charge < -0.3 is 10.1 Å². The zero-order chi connectivity index (χ0) is 14.7. The molecule has 0 amide bonds. The van der Waals surface area contributed by atoms with Crippen LogP contribution in [0.2, 0.25) is 0 Å². The fraction of sp³-hybridized carbons (Fsp3) is 0.667. The molecule has 1 aromatic heterocycles. The maximum atomic E-state index is 11.5. The second-order valence-electron chi connectivity index (χ2n) is 5.57. The van der Waals surface area contributed by atoms with Crippen molar-refractivity contribution in [3.63, 3.8) is 0 Å². The van der Waals surface area contributed by atoms with E-state index in [9.17, 15) is 4.79 Å². The third-order valence-electron chi connectivity index (χ3n) is 4.31. The van der Waals surface area contributed by atoms with Crippen LogP contribution in [-0.2, 0) is 4.74 Å². The molecule has 1 N–H and O–H groups in total. The number of hydrogen-bond donors (Lipinski definition) is 1. The Morgan fingerprint density at radius 2 is 2.20 bits per heavy atom. The minimum absolute atomic E-state index is 0.118. The molecule has 5 heteroatoms. The summed E-state index contributed by atoms with van der Waals surface area (Å²) in [5.74, 6) is 1.73. The largest absolute Gasteiger partial charge is 0.463 e. The van der Waals surface area contributed by atoms with Gasteiger partial charge in [-0.25, -0.2) is 14.8 Å². The molecule has 1 fully saturated rings. The van der Waals surface area contributed by atoms with E-state index in [0.717, 1.165) is 18.0 Å². The first-order chi connectivity index (χ1) is 9.55. The highest BCUT2D eigenvalue weighted by Gasteiger charge is 2.31. The Morgan fingerprint density at radius 3 is 2.80 bits per heavy atom. The Balaban J connectivity index is 2.14. The average molecular weight is 277 g/mol. The highest BCUT2D eigenvalue weighted by atomic mass is 16.5. The van der Waals surface area contributed by atoms with Gasteiger partial charge in [-0.1, -0.05) is 20.3 Å². The number of carbonyl (C=O) groups is 1. The molecular weight excluding hydrogens is 254 g/mol. The van der Waals surface area contributed by atoms with Crippen molar-refractivity contribution in [1.29, 1.82) is 0 Å². The molecule has 5 nitrogen and oxygen atoms in total. The van der Waals surface area contributed by atoms with E-state index in [4.69, 9.17) is 0 Å². The lowest BCUT2D eigenvalue weighted by molar-refractivity contribution is 0.0586. The molecule has 1 saturated carbocycles. The first-order valence-corrected chi connectivity index (χ1v) is 7.25. The summed E-state index contributed by atoms with van der Waals surface area (Å²) in [6.45, 7) is 6.38. The fourth-order valence-corrected chi connectivity index (χ4v) is 3.04. The van der Waals surface area contributed by atoms with Gasteiger partial charge in [-0.15, -0.1) is 0 Å². The van der Waals surface area contributed by atoms with Crippen LogP contribution in [-0.4, -0.2) is 29.1 Å². The van der Waals surface area contributed by atoms with Gasteiger partial charge in [-0.3, -0.25) is 0 Å². The van der Waals surface area contributed by atoms with Gasteiger partial charge in [-0.2, -0.15) is 0 Å². The Morgan fingerprint density at radius 1 is 1.45 bits per heavy atom. The molecule has 3 unspecified atom stereocenters. The van der Waals surface area contributed by atoms with Crippen molar-refractivity contribution in [2.45, 2.75) is 46.1 Å². The number of nitrogens with zero attached hydrogens (tertiary/aromatic N) is 2. The van der Waals surface area contributed by atoms with Crippen LogP contribution in [0.25, 0.3) is 0 Å². The van der Waals surface area contributed by atoms with Crippen molar-refractivity contribution in [3.8, 4) is 0 Å². The number of hydrogen-bond acceptors (Lipinski definition) is 5. The minimum atomic E-state index is -0.498. The van der Waals surface area contributed by atoms with Crippen LogP contribution in [0.15, 0.2) is 6.07 Å². The number of aromatic nitrogens is 2. The van der Waals surface area contributed by atoms with Crippen LogP contribution in [0.4, 0.5) is 5.82 Å². The summed E-state index contributed by atoms with van der Waals surface area (Å²) >= 11 is 0. The van der Waals surface area contributed by atoms with Crippen LogP contribution in [0.5, 0.6) is 0 Å². The van der Waals surface area contributed by atoms with Gasteiger partial charge in [0.1, 0.15) is 5.82 Å². The molecule has 1 aromatic rings. The molecule has 0 bridgehead atoms. The van der Waals surface area contributed by atoms with Crippen molar-refractivity contribution in [1.82, 2.24) is 9.97 Å². The Bertz CT molecular complexity index is 490. The first-order valence-electron chi connectivity index (χ1n) is 7.25. The lowest BCUT2D eigenvalue weighted by Crippen LogP contribution is -2.25. The summed E-state index contributed by atoms with van der Waals surface area (Å²) in [6.07, 6.45) is 3.62. The summed E-state index contributed by atoms with van der Waals surface area (Å²) in [5, 5.41) is 3.46. The number of rotatable bonds is 4. The summed E-state index contributed by atoms with van der Waals surface area (Å²) in [4.78, 5) is 19.9. The molecular formula is C15H23N3O2. The number of esters is 1. The van der Waals surface area contributed by atoms with E-state index >= 15 is 0 Å². The molecule has 1 heterocycles. The quantitative estimate of drug-likeness (QED) is 0.857. The number of nitrogens with one attached hydrogen (secondary N) is 1. The summed E-state index contributed by atoms with van der Waals surface area (Å²) in [6, 6.07) is 2.29. The Hall–Kier alpha value is -1.65. The van der Waals surface area contributed by atoms with E-state index in [1.165, 1.54) is 20.0 Å². The van der Waals surface area contributed by atoms with Gasteiger partial charge in [-0.05, 0) is 31.6 Å². The SMILES string of the molecule is CCC1CCC(Nc2cc(C)nc(C(=O)OC)n2)C1C. The van der Waals surface area contributed by atoms with Gasteiger partial charge in [0.25, 0.3) is 0 Å². The van der Waals surface area contributed by atoms with Gasteiger partial charge in [0.15, 0.2) is 0 Å². The van der Waals surface area contributed by atoms with Crippen LogP contribution in [0.3, 0.4) is 0 Å². The zero-order valence-corrected chi connectivity index (χ0v) is 12.6. The summed E-state index contributed by atoms with van der Waals surface area (Å²) in [7, 11) is 1.34. The first kappa shape index (κ1) is 14.8. The number of methoxy groups -OCH3 is 1. The van der Waals surface area contributed by atoms with Gasteiger partial charge in [0, 0.05) is 17.8 Å². The lowest BCUT2D eigenvalue weighted by Gasteiger charge is -2.21. The zero-order valence-electron chi connectivity index (χ0n) is 12.6. The molecule has 0 spiro atoms. The number of carbonyl (C=O) groups excluding carboxylic acids is 1. The van der Waals surface area contributed by atoms with Crippen molar-refractivity contribution in [2.24, 2.45) is 11.8 Å². The monoisotopic (exact) mass is 277 g/mol. The van der Waals surface area contributed by atoms with Crippen LogP contribution in [0, 0.1) is 18.8 Å². The highest BCUT2D eigenvalue weighted by molar-refractivity contribution is 5.85. The van der Waals surface area contributed by atoms with Gasteiger partial charge in [0.2, 0.25) is 5.82 Å². The van der Waals surface area contributed by atoms with E-state index in [-0.39, 0.29) is 5.82 Å². The average Bonchev–Trinajstić information content (AvgIpc) is 2.78. The molecule has 0 aromatic carbocycles. The third kappa shape index (κ3) is 3.08. The van der Waals surface area contributed by atoms with E-state index in [1.54, 1.807) is 0 Å². The number of ether oxygens (including phenoxy) is 1.